The minimum Gasteiger partial charge on any atom is -0.467 e. The summed E-state index contributed by atoms with van der Waals surface area (Å²) in [6, 6.07) is 3.50. The van der Waals surface area contributed by atoms with Gasteiger partial charge in [-0.2, -0.15) is 5.10 Å². The van der Waals surface area contributed by atoms with Crippen molar-refractivity contribution < 1.29 is 14.0 Å². The molecule has 7 heteroatoms. The van der Waals surface area contributed by atoms with Gasteiger partial charge in [0.05, 0.1) is 18.5 Å². The van der Waals surface area contributed by atoms with Crippen molar-refractivity contribution >= 4 is 17.5 Å². The lowest BCUT2D eigenvalue weighted by Crippen LogP contribution is -2.24. The predicted molar refractivity (Wildman–Crippen MR) is 67.4 cm³/mol. The fourth-order valence-electron chi connectivity index (χ4n) is 1.60. The van der Waals surface area contributed by atoms with E-state index in [4.69, 9.17) is 4.42 Å². The molecule has 2 aromatic heterocycles. The normalized spacial score (nSPS) is 10.2. The molecule has 0 fully saturated rings. The van der Waals surface area contributed by atoms with E-state index in [-0.39, 0.29) is 24.1 Å². The summed E-state index contributed by atoms with van der Waals surface area (Å²) < 4.78 is 6.58. The summed E-state index contributed by atoms with van der Waals surface area (Å²) in [5, 5.41) is 9.25. The van der Waals surface area contributed by atoms with Crippen LogP contribution in [0, 0.1) is 0 Å². The Kier molecular flexibility index (Phi) is 3.65. The standard InChI is InChI=1S/C12H14N4O3/c1-8(17)14-10-7-16(2)15-11(10)12(18)13-6-9-4-3-5-19-9/h3-5,7H,6H2,1-2H3,(H,13,18)(H,14,17). The molecular formula is C12H14N4O3. The molecule has 19 heavy (non-hydrogen) atoms. The minimum atomic E-state index is -0.374. The summed E-state index contributed by atoms with van der Waals surface area (Å²) in [4.78, 5) is 23.0. The first kappa shape index (κ1) is 12.9. The van der Waals surface area contributed by atoms with E-state index < -0.39 is 0 Å². The van der Waals surface area contributed by atoms with Crippen LogP contribution in [-0.2, 0) is 18.4 Å². The Morgan fingerprint density at radius 2 is 2.26 bits per heavy atom. The molecule has 0 bridgehead atoms. The van der Waals surface area contributed by atoms with Gasteiger partial charge in [0.15, 0.2) is 5.69 Å². The Morgan fingerprint density at radius 1 is 1.47 bits per heavy atom. The first-order valence-electron chi connectivity index (χ1n) is 5.68. The van der Waals surface area contributed by atoms with Gasteiger partial charge in [0.1, 0.15) is 5.76 Å². The molecule has 0 unspecified atom stereocenters. The van der Waals surface area contributed by atoms with E-state index in [1.807, 2.05) is 0 Å². The SMILES string of the molecule is CC(=O)Nc1cn(C)nc1C(=O)NCc1ccco1. The number of nitrogens with zero attached hydrogens (tertiary/aromatic N) is 2. The van der Waals surface area contributed by atoms with Crippen LogP contribution >= 0.6 is 0 Å². The van der Waals surface area contributed by atoms with E-state index in [2.05, 4.69) is 15.7 Å². The van der Waals surface area contributed by atoms with E-state index in [0.29, 0.717) is 11.4 Å². The molecule has 0 spiro atoms. The van der Waals surface area contributed by atoms with Crippen LogP contribution in [0.5, 0.6) is 0 Å². The maximum atomic E-state index is 12.0. The lowest BCUT2D eigenvalue weighted by Gasteiger charge is -2.03. The van der Waals surface area contributed by atoms with Crippen molar-refractivity contribution in [3.05, 3.63) is 36.0 Å². The number of rotatable bonds is 4. The number of nitrogens with one attached hydrogen (secondary N) is 2. The fraction of sp³-hybridized carbons (Fsp3) is 0.250. The molecular weight excluding hydrogens is 248 g/mol. The smallest absolute Gasteiger partial charge is 0.274 e. The van der Waals surface area contributed by atoms with Gasteiger partial charge < -0.3 is 15.1 Å². The zero-order chi connectivity index (χ0) is 13.8. The molecule has 2 rings (SSSR count). The molecule has 0 aromatic carbocycles. The van der Waals surface area contributed by atoms with Gasteiger partial charge >= 0.3 is 0 Å². The first-order valence-corrected chi connectivity index (χ1v) is 5.68. The van der Waals surface area contributed by atoms with Gasteiger partial charge in [0.25, 0.3) is 5.91 Å². The first-order chi connectivity index (χ1) is 9.06. The van der Waals surface area contributed by atoms with Crippen LogP contribution in [0.2, 0.25) is 0 Å². The highest BCUT2D eigenvalue weighted by molar-refractivity contribution is 6.01. The number of aromatic nitrogens is 2. The molecule has 2 amide bonds. The van der Waals surface area contributed by atoms with E-state index in [9.17, 15) is 9.59 Å². The lowest BCUT2D eigenvalue weighted by atomic mass is 10.3. The fourth-order valence-corrected chi connectivity index (χ4v) is 1.60. The van der Waals surface area contributed by atoms with Crippen LogP contribution in [0.1, 0.15) is 23.2 Å². The van der Waals surface area contributed by atoms with Gasteiger partial charge in [-0.05, 0) is 12.1 Å². The Labute approximate surface area is 109 Å². The van der Waals surface area contributed by atoms with E-state index >= 15 is 0 Å². The zero-order valence-electron chi connectivity index (χ0n) is 10.6. The van der Waals surface area contributed by atoms with Crippen LogP contribution in [-0.4, -0.2) is 21.6 Å². The van der Waals surface area contributed by atoms with Crippen molar-refractivity contribution in [2.24, 2.45) is 7.05 Å². The van der Waals surface area contributed by atoms with Crippen molar-refractivity contribution in [2.45, 2.75) is 13.5 Å². The molecule has 2 aromatic rings. The number of carbonyl (C=O) groups is 2. The maximum Gasteiger partial charge on any atom is 0.274 e. The largest absolute Gasteiger partial charge is 0.467 e. The number of furan rings is 1. The number of hydrogen-bond donors (Lipinski definition) is 2. The molecule has 0 aliphatic carbocycles. The number of amides is 2. The number of aryl methyl sites for hydroxylation is 1. The highest BCUT2D eigenvalue weighted by Crippen LogP contribution is 2.13. The van der Waals surface area contributed by atoms with Crippen LogP contribution in [0.3, 0.4) is 0 Å². The van der Waals surface area contributed by atoms with Crippen LogP contribution < -0.4 is 10.6 Å². The number of carbonyl (C=O) groups excluding carboxylic acids is 2. The summed E-state index contributed by atoms with van der Waals surface area (Å²) >= 11 is 0. The van der Waals surface area contributed by atoms with Gasteiger partial charge in [0, 0.05) is 20.2 Å². The van der Waals surface area contributed by atoms with Gasteiger partial charge in [0.2, 0.25) is 5.91 Å². The third kappa shape index (κ3) is 3.21. The Bertz CT molecular complexity index is 586. The predicted octanol–water partition coefficient (Wildman–Crippen LogP) is 0.901. The van der Waals surface area contributed by atoms with Crippen molar-refractivity contribution in [1.29, 1.82) is 0 Å². The molecule has 0 aliphatic heterocycles. The minimum absolute atomic E-state index is 0.171. The van der Waals surface area contributed by atoms with Gasteiger partial charge in [-0.3, -0.25) is 14.3 Å². The second-order valence-corrected chi connectivity index (χ2v) is 4.01. The third-order valence-corrected chi connectivity index (χ3v) is 2.36. The molecule has 2 N–H and O–H groups in total. The molecule has 0 saturated heterocycles. The maximum absolute atomic E-state index is 12.0. The Morgan fingerprint density at radius 3 is 2.89 bits per heavy atom. The summed E-state index contributed by atoms with van der Waals surface area (Å²) in [6.07, 6.45) is 3.11. The topological polar surface area (TPSA) is 89.2 Å². The van der Waals surface area contributed by atoms with Gasteiger partial charge in [-0.1, -0.05) is 0 Å². The third-order valence-electron chi connectivity index (χ3n) is 2.36. The highest BCUT2D eigenvalue weighted by Gasteiger charge is 2.16. The lowest BCUT2D eigenvalue weighted by molar-refractivity contribution is -0.114. The van der Waals surface area contributed by atoms with Crippen LogP contribution in [0.15, 0.2) is 29.0 Å². The average Bonchev–Trinajstić information content (AvgIpc) is 2.95. The monoisotopic (exact) mass is 262 g/mol. The van der Waals surface area contributed by atoms with Crippen molar-refractivity contribution in [1.82, 2.24) is 15.1 Å². The second kappa shape index (κ2) is 5.38. The molecule has 2 heterocycles. The number of hydrogen-bond acceptors (Lipinski definition) is 4. The zero-order valence-corrected chi connectivity index (χ0v) is 10.6. The van der Waals surface area contributed by atoms with Gasteiger partial charge in [-0.15, -0.1) is 0 Å². The Hall–Kier alpha value is -2.57. The summed E-state index contributed by atoms with van der Waals surface area (Å²) in [7, 11) is 1.68. The molecule has 100 valence electrons. The summed E-state index contributed by atoms with van der Waals surface area (Å²) in [6.45, 7) is 1.64. The average molecular weight is 262 g/mol. The molecule has 7 nitrogen and oxygen atoms in total. The molecule has 0 aliphatic rings. The Balaban J connectivity index is 2.07. The highest BCUT2D eigenvalue weighted by atomic mass is 16.3. The summed E-state index contributed by atoms with van der Waals surface area (Å²) in [5.41, 5.74) is 0.552. The van der Waals surface area contributed by atoms with E-state index in [0.717, 1.165) is 0 Å². The van der Waals surface area contributed by atoms with Gasteiger partial charge in [-0.25, -0.2) is 0 Å². The van der Waals surface area contributed by atoms with Crippen molar-refractivity contribution in [3.8, 4) is 0 Å². The molecule has 0 saturated carbocycles. The van der Waals surface area contributed by atoms with E-state index in [1.54, 1.807) is 25.4 Å². The quantitative estimate of drug-likeness (QED) is 0.856. The molecule has 0 radical (unpaired) electrons. The summed E-state index contributed by atoms with van der Waals surface area (Å²) in [5.74, 6) is 0.0131. The molecule has 0 atom stereocenters. The second-order valence-electron chi connectivity index (χ2n) is 4.01. The van der Waals surface area contributed by atoms with Crippen LogP contribution in [0.4, 0.5) is 5.69 Å². The van der Waals surface area contributed by atoms with Crippen LogP contribution in [0.25, 0.3) is 0 Å². The van der Waals surface area contributed by atoms with Crippen molar-refractivity contribution in [3.63, 3.8) is 0 Å². The van der Waals surface area contributed by atoms with E-state index in [1.165, 1.54) is 17.9 Å². The van der Waals surface area contributed by atoms with Crippen molar-refractivity contribution in [2.75, 3.05) is 5.32 Å². The number of anilines is 1.